The van der Waals surface area contributed by atoms with Gasteiger partial charge in [-0.2, -0.15) is 0 Å². The minimum Gasteiger partial charge on any atom is -0.496 e. The number of piperazine rings is 1. The Kier molecular flexibility index (Phi) is 7.47. The highest BCUT2D eigenvalue weighted by Crippen LogP contribution is 2.22. The SMILES string of the molecule is COc1ccc(F)cc1CN1CCN(CC(=O)N[C@@H](C)c2ccc(Cl)cc2)CC1. The number of hydrogen-bond donors (Lipinski definition) is 1. The highest BCUT2D eigenvalue weighted by atomic mass is 35.5. The van der Waals surface area contributed by atoms with E-state index in [1.807, 2.05) is 31.2 Å². The largest absolute Gasteiger partial charge is 0.496 e. The molecule has 0 saturated carbocycles. The van der Waals surface area contributed by atoms with Crippen LogP contribution in [0.15, 0.2) is 42.5 Å². The van der Waals surface area contributed by atoms with E-state index in [0.717, 1.165) is 37.3 Å². The minimum atomic E-state index is -0.258. The Hall–Kier alpha value is -2.15. The quantitative estimate of drug-likeness (QED) is 0.746. The molecule has 1 heterocycles. The first-order chi connectivity index (χ1) is 13.9. The summed E-state index contributed by atoms with van der Waals surface area (Å²) < 4.78 is 18.9. The van der Waals surface area contributed by atoms with Gasteiger partial charge in [0.15, 0.2) is 0 Å². The van der Waals surface area contributed by atoms with Crippen molar-refractivity contribution in [1.82, 2.24) is 15.1 Å². The molecule has 1 N–H and O–H groups in total. The number of benzene rings is 2. The first kappa shape index (κ1) is 21.6. The molecule has 3 rings (SSSR count). The summed E-state index contributed by atoms with van der Waals surface area (Å²) in [6, 6.07) is 12.0. The van der Waals surface area contributed by atoms with Crippen LogP contribution in [0.4, 0.5) is 4.39 Å². The second kappa shape index (κ2) is 10.1. The molecular formula is C22H27ClFN3O2. The van der Waals surface area contributed by atoms with Gasteiger partial charge >= 0.3 is 0 Å². The number of nitrogens with one attached hydrogen (secondary N) is 1. The maximum Gasteiger partial charge on any atom is 0.234 e. The predicted octanol–water partition coefficient (Wildman–Crippen LogP) is 3.48. The Balaban J connectivity index is 1.45. The molecule has 156 valence electrons. The number of nitrogens with zero attached hydrogens (tertiary/aromatic N) is 2. The fourth-order valence-electron chi connectivity index (χ4n) is 3.54. The molecule has 0 bridgehead atoms. The third-order valence-electron chi connectivity index (χ3n) is 5.22. The molecule has 0 spiro atoms. The van der Waals surface area contributed by atoms with Crippen molar-refractivity contribution in [1.29, 1.82) is 0 Å². The van der Waals surface area contributed by atoms with Crippen molar-refractivity contribution in [3.05, 3.63) is 64.4 Å². The summed E-state index contributed by atoms with van der Waals surface area (Å²) in [6.07, 6.45) is 0. The molecule has 1 saturated heterocycles. The molecule has 1 atom stereocenters. The minimum absolute atomic E-state index is 0.00713. The lowest BCUT2D eigenvalue weighted by Crippen LogP contribution is -2.49. The Morgan fingerprint density at radius 1 is 1.14 bits per heavy atom. The molecule has 0 unspecified atom stereocenters. The number of rotatable bonds is 7. The van der Waals surface area contributed by atoms with Gasteiger partial charge in [-0.3, -0.25) is 14.6 Å². The van der Waals surface area contributed by atoms with Crippen molar-refractivity contribution < 1.29 is 13.9 Å². The molecule has 1 aliphatic rings. The van der Waals surface area contributed by atoms with Gasteiger partial charge in [-0.25, -0.2) is 4.39 Å². The van der Waals surface area contributed by atoms with Crippen LogP contribution in [-0.2, 0) is 11.3 Å². The lowest BCUT2D eigenvalue weighted by atomic mass is 10.1. The molecular weight excluding hydrogens is 393 g/mol. The van der Waals surface area contributed by atoms with Crippen LogP contribution in [-0.4, -0.2) is 55.5 Å². The van der Waals surface area contributed by atoms with E-state index < -0.39 is 0 Å². The number of methoxy groups -OCH3 is 1. The standard InChI is InChI=1S/C22H27ClFN3O2/c1-16(17-3-5-19(23)6-4-17)25-22(28)15-27-11-9-26(10-12-27)14-18-13-20(24)7-8-21(18)29-2/h3-8,13,16H,9-12,14-15H2,1-2H3,(H,25,28)/t16-/m0/s1. The number of hydrogen-bond acceptors (Lipinski definition) is 4. The highest BCUT2D eigenvalue weighted by molar-refractivity contribution is 6.30. The van der Waals surface area contributed by atoms with E-state index in [-0.39, 0.29) is 17.8 Å². The van der Waals surface area contributed by atoms with Crippen LogP contribution >= 0.6 is 11.6 Å². The summed E-state index contributed by atoms with van der Waals surface area (Å²) in [4.78, 5) is 16.8. The van der Waals surface area contributed by atoms with Crippen molar-refractivity contribution >= 4 is 17.5 Å². The number of amides is 1. The topological polar surface area (TPSA) is 44.8 Å². The molecule has 0 aliphatic carbocycles. The molecule has 2 aromatic rings. The van der Waals surface area contributed by atoms with Gasteiger partial charge < -0.3 is 10.1 Å². The third kappa shape index (κ3) is 6.16. The number of carbonyl (C=O) groups is 1. The van der Waals surface area contributed by atoms with Gasteiger partial charge in [0.25, 0.3) is 0 Å². The maximum atomic E-state index is 13.6. The molecule has 1 fully saturated rings. The van der Waals surface area contributed by atoms with Gasteiger partial charge in [0.1, 0.15) is 11.6 Å². The van der Waals surface area contributed by atoms with Crippen molar-refractivity contribution in [2.24, 2.45) is 0 Å². The van der Waals surface area contributed by atoms with Crippen LogP contribution in [0.1, 0.15) is 24.1 Å². The van der Waals surface area contributed by atoms with Crippen LogP contribution < -0.4 is 10.1 Å². The van der Waals surface area contributed by atoms with Gasteiger partial charge in [0.05, 0.1) is 19.7 Å². The third-order valence-corrected chi connectivity index (χ3v) is 5.47. The first-order valence-electron chi connectivity index (χ1n) is 9.76. The molecule has 5 nitrogen and oxygen atoms in total. The summed E-state index contributed by atoms with van der Waals surface area (Å²) in [5.74, 6) is 0.447. The van der Waals surface area contributed by atoms with Crippen LogP contribution in [0.25, 0.3) is 0 Å². The summed E-state index contributed by atoms with van der Waals surface area (Å²) >= 11 is 5.91. The smallest absolute Gasteiger partial charge is 0.234 e. The zero-order chi connectivity index (χ0) is 20.8. The van der Waals surface area contributed by atoms with Gasteiger partial charge in [-0.1, -0.05) is 23.7 Å². The van der Waals surface area contributed by atoms with Crippen molar-refractivity contribution in [3.63, 3.8) is 0 Å². The molecule has 2 aromatic carbocycles. The van der Waals surface area contributed by atoms with E-state index in [9.17, 15) is 9.18 Å². The summed E-state index contributed by atoms with van der Waals surface area (Å²) in [5.41, 5.74) is 1.87. The van der Waals surface area contributed by atoms with Gasteiger partial charge in [0, 0.05) is 43.3 Å². The van der Waals surface area contributed by atoms with E-state index in [2.05, 4.69) is 15.1 Å². The van der Waals surface area contributed by atoms with E-state index in [4.69, 9.17) is 16.3 Å². The Bertz CT molecular complexity index is 823. The monoisotopic (exact) mass is 419 g/mol. The van der Waals surface area contributed by atoms with Crippen molar-refractivity contribution in [2.75, 3.05) is 39.8 Å². The fraction of sp³-hybridized carbons (Fsp3) is 0.409. The van der Waals surface area contributed by atoms with Gasteiger partial charge in [-0.05, 0) is 42.8 Å². The van der Waals surface area contributed by atoms with Gasteiger partial charge in [-0.15, -0.1) is 0 Å². The van der Waals surface area contributed by atoms with Crippen LogP contribution in [0.5, 0.6) is 5.75 Å². The normalized spacial score (nSPS) is 16.4. The molecule has 0 radical (unpaired) electrons. The van der Waals surface area contributed by atoms with Crippen LogP contribution in [0.3, 0.4) is 0 Å². The second-order valence-electron chi connectivity index (χ2n) is 7.35. The Labute approximate surface area is 176 Å². The Morgan fingerprint density at radius 2 is 1.79 bits per heavy atom. The first-order valence-corrected chi connectivity index (χ1v) is 10.1. The van der Waals surface area contributed by atoms with Gasteiger partial charge in [0.2, 0.25) is 5.91 Å². The van der Waals surface area contributed by atoms with Crippen LogP contribution in [0, 0.1) is 5.82 Å². The maximum absolute atomic E-state index is 13.6. The summed E-state index contributed by atoms with van der Waals surface area (Å²) in [5, 5.41) is 3.72. The van der Waals surface area contributed by atoms with E-state index in [1.54, 1.807) is 13.2 Å². The van der Waals surface area contributed by atoms with E-state index in [0.29, 0.717) is 23.9 Å². The second-order valence-corrected chi connectivity index (χ2v) is 7.79. The Morgan fingerprint density at radius 3 is 2.45 bits per heavy atom. The number of carbonyl (C=O) groups excluding carboxylic acids is 1. The summed E-state index contributed by atoms with van der Waals surface area (Å²) in [6.45, 7) is 6.19. The lowest BCUT2D eigenvalue weighted by Gasteiger charge is -2.34. The zero-order valence-corrected chi connectivity index (χ0v) is 17.6. The lowest BCUT2D eigenvalue weighted by molar-refractivity contribution is -0.123. The van der Waals surface area contributed by atoms with E-state index in [1.165, 1.54) is 12.1 Å². The van der Waals surface area contributed by atoms with Crippen molar-refractivity contribution in [2.45, 2.75) is 19.5 Å². The fourth-order valence-corrected chi connectivity index (χ4v) is 3.67. The summed E-state index contributed by atoms with van der Waals surface area (Å²) in [7, 11) is 1.60. The molecule has 0 aromatic heterocycles. The number of halogens is 2. The molecule has 29 heavy (non-hydrogen) atoms. The van der Waals surface area contributed by atoms with E-state index >= 15 is 0 Å². The predicted molar refractivity (Wildman–Crippen MR) is 113 cm³/mol. The molecule has 7 heteroatoms. The average molecular weight is 420 g/mol. The van der Waals surface area contributed by atoms with Crippen LogP contribution in [0.2, 0.25) is 5.02 Å². The average Bonchev–Trinajstić information content (AvgIpc) is 2.70. The molecule has 1 aliphatic heterocycles. The van der Waals surface area contributed by atoms with Crippen molar-refractivity contribution in [3.8, 4) is 5.75 Å². The molecule has 1 amide bonds. The highest BCUT2D eigenvalue weighted by Gasteiger charge is 2.21. The zero-order valence-electron chi connectivity index (χ0n) is 16.8. The number of ether oxygens (including phenoxy) is 1.